The van der Waals surface area contributed by atoms with Crippen LogP contribution in [0.3, 0.4) is 0 Å². The van der Waals surface area contributed by atoms with Gasteiger partial charge in [-0.15, -0.1) is 0 Å². The number of aliphatic hydroxyl groups is 1. The SMILES string of the molecule is CC(=O)N1CCN(C(=O)C=Cc2ccc(Sc3cccc(CO)c3)c([N+](=O)[O-])c2)CC1. The van der Waals surface area contributed by atoms with Crippen LogP contribution in [0.1, 0.15) is 18.1 Å². The zero-order chi connectivity index (χ0) is 22.4. The third-order valence-corrected chi connectivity index (χ3v) is 6.00. The fraction of sp³-hybridized carbons (Fsp3) is 0.273. The predicted molar refractivity (Wildman–Crippen MR) is 117 cm³/mol. The summed E-state index contributed by atoms with van der Waals surface area (Å²) in [4.78, 5) is 39.6. The molecule has 31 heavy (non-hydrogen) atoms. The number of piperazine rings is 1. The van der Waals surface area contributed by atoms with Gasteiger partial charge in [0.2, 0.25) is 11.8 Å². The highest BCUT2D eigenvalue weighted by molar-refractivity contribution is 7.99. The number of aliphatic hydroxyl groups excluding tert-OH is 1. The van der Waals surface area contributed by atoms with Crippen LogP contribution in [0.2, 0.25) is 0 Å². The summed E-state index contributed by atoms with van der Waals surface area (Å²) in [5.74, 6) is -0.193. The van der Waals surface area contributed by atoms with E-state index in [-0.39, 0.29) is 24.1 Å². The number of hydrogen-bond donors (Lipinski definition) is 1. The Hall–Kier alpha value is -3.17. The van der Waals surface area contributed by atoms with Crippen LogP contribution < -0.4 is 0 Å². The van der Waals surface area contributed by atoms with Gasteiger partial charge in [0.15, 0.2) is 0 Å². The van der Waals surface area contributed by atoms with E-state index in [0.29, 0.717) is 36.6 Å². The van der Waals surface area contributed by atoms with E-state index in [1.807, 2.05) is 6.07 Å². The number of benzene rings is 2. The molecule has 2 amide bonds. The Morgan fingerprint density at radius 2 is 1.84 bits per heavy atom. The van der Waals surface area contributed by atoms with Gasteiger partial charge in [-0.05, 0) is 35.4 Å². The van der Waals surface area contributed by atoms with Gasteiger partial charge in [0.05, 0.1) is 16.4 Å². The van der Waals surface area contributed by atoms with Crippen LogP contribution in [0.15, 0.2) is 58.3 Å². The first-order valence-corrected chi connectivity index (χ1v) is 10.6. The summed E-state index contributed by atoms with van der Waals surface area (Å²) >= 11 is 1.25. The Labute approximate surface area is 184 Å². The zero-order valence-electron chi connectivity index (χ0n) is 17.1. The highest BCUT2D eigenvalue weighted by Crippen LogP contribution is 2.36. The summed E-state index contributed by atoms with van der Waals surface area (Å²) < 4.78 is 0. The lowest BCUT2D eigenvalue weighted by molar-refractivity contribution is -0.387. The second kappa shape index (κ2) is 10.2. The minimum absolute atomic E-state index is 0.00371. The summed E-state index contributed by atoms with van der Waals surface area (Å²) in [5.41, 5.74) is 1.23. The molecular weight excluding hydrogens is 418 g/mol. The van der Waals surface area contributed by atoms with E-state index in [9.17, 15) is 24.8 Å². The van der Waals surface area contributed by atoms with Crippen molar-refractivity contribution in [1.82, 2.24) is 9.80 Å². The number of carbonyl (C=O) groups excluding carboxylic acids is 2. The third-order valence-electron chi connectivity index (χ3n) is 4.94. The lowest BCUT2D eigenvalue weighted by Gasteiger charge is -2.33. The maximum atomic E-state index is 12.4. The molecule has 1 N–H and O–H groups in total. The first-order valence-electron chi connectivity index (χ1n) is 9.76. The second-order valence-electron chi connectivity index (χ2n) is 7.06. The summed E-state index contributed by atoms with van der Waals surface area (Å²) in [6.45, 7) is 3.35. The Balaban J connectivity index is 1.71. The molecule has 0 atom stereocenters. The van der Waals surface area contributed by atoms with Crippen LogP contribution in [0.4, 0.5) is 5.69 Å². The normalized spacial score (nSPS) is 14.1. The first-order chi connectivity index (χ1) is 14.9. The average molecular weight is 442 g/mol. The first kappa shape index (κ1) is 22.5. The van der Waals surface area contributed by atoms with Gasteiger partial charge in [0.1, 0.15) is 0 Å². The van der Waals surface area contributed by atoms with Crippen molar-refractivity contribution >= 4 is 35.3 Å². The van der Waals surface area contributed by atoms with E-state index in [1.165, 1.54) is 30.8 Å². The molecule has 0 saturated carbocycles. The molecule has 0 bridgehead atoms. The second-order valence-corrected chi connectivity index (χ2v) is 8.17. The molecule has 1 saturated heterocycles. The number of amides is 2. The van der Waals surface area contributed by atoms with Crippen molar-refractivity contribution in [3.63, 3.8) is 0 Å². The van der Waals surface area contributed by atoms with E-state index in [1.54, 1.807) is 46.2 Å². The number of rotatable bonds is 6. The molecule has 0 unspecified atom stereocenters. The van der Waals surface area contributed by atoms with E-state index in [0.717, 1.165) is 10.5 Å². The smallest absolute Gasteiger partial charge is 0.283 e. The minimum Gasteiger partial charge on any atom is -0.392 e. The van der Waals surface area contributed by atoms with Gasteiger partial charge < -0.3 is 14.9 Å². The molecule has 1 heterocycles. The maximum Gasteiger partial charge on any atom is 0.283 e. The molecule has 0 spiro atoms. The maximum absolute atomic E-state index is 12.4. The van der Waals surface area contributed by atoms with Gasteiger partial charge >= 0.3 is 0 Å². The van der Waals surface area contributed by atoms with Crippen molar-refractivity contribution in [3.05, 3.63) is 69.8 Å². The van der Waals surface area contributed by atoms with Crippen LogP contribution >= 0.6 is 11.8 Å². The number of nitrogens with zero attached hydrogens (tertiary/aromatic N) is 3. The van der Waals surface area contributed by atoms with Gasteiger partial charge in [0, 0.05) is 50.1 Å². The Bertz CT molecular complexity index is 1020. The van der Waals surface area contributed by atoms with E-state index in [4.69, 9.17) is 0 Å². The number of nitro groups is 1. The molecule has 1 fully saturated rings. The van der Waals surface area contributed by atoms with Crippen molar-refractivity contribution in [2.45, 2.75) is 23.3 Å². The standard InChI is InChI=1S/C22H23N3O5S/c1-16(27)23-9-11-24(12-10-23)22(28)8-6-17-5-7-21(20(14-17)25(29)30)31-19-4-2-3-18(13-19)15-26/h2-8,13-14,26H,9-12,15H2,1H3. The van der Waals surface area contributed by atoms with Crippen molar-refractivity contribution in [1.29, 1.82) is 0 Å². The monoisotopic (exact) mass is 441 g/mol. The molecule has 9 heteroatoms. The fourth-order valence-electron chi connectivity index (χ4n) is 3.22. The van der Waals surface area contributed by atoms with Crippen LogP contribution in [0.25, 0.3) is 6.08 Å². The number of nitro benzene ring substituents is 1. The van der Waals surface area contributed by atoms with Gasteiger partial charge in [-0.25, -0.2) is 0 Å². The molecule has 0 radical (unpaired) electrons. The highest BCUT2D eigenvalue weighted by atomic mass is 32.2. The largest absolute Gasteiger partial charge is 0.392 e. The van der Waals surface area contributed by atoms with Crippen LogP contribution in [0.5, 0.6) is 0 Å². The Morgan fingerprint density at radius 1 is 1.13 bits per heavy atom. The number of hydrogen-bond acceptors (Lipinski definition) is 6. The highest BCUT2D eigenvalue weighted by Gasteiger charge is 2.21. The molecule has 2 aromatic rings. The topological polar surface area (TPSA) is 104 Å². The molecular formula is C22H23N3O5S. The average Bonchev–Trinajstić information content (AvgIpc) is 2.78. The fourth-order valence-corrected chi connectivity index (χ4v) is 4.20. The van der Waals surface area contributed by atoms with E-state index < -0.39 is 4.92 Å². The molecule has 8 nitrogen and oxygen atoms in total. The lowest BCUT2D eigenvalue weighted by Crippen LogP contribution is -2.49. The van der Waals surface area contributed by atoms with Crippen molar-refractivity contribution < 1.29 is 19.6 Å². The van der Waals surface area contributed by atoms with Crippen LogP contribution in [-0.4, -0.2) is 57.8 Å². The summed E-state index contributed by atoms with van der Waals surface area (Å²) in [6, 6.07) is 12.0. The van der Waals surface area contributed by atoms with Crippen molar-refractivity contribution in [2.75, 3.05) is 26.2 Å². The van der Waals surface area contributed by atoms with Crippen molar-refractivity contribution in [2.24, 2.45) is 0 Å². The van der Waals surface area contributed by atoms with Gasteiger partial charge in [-0.3, -0.25) is 19.7 Å². The van der Waals surface area contributed by atoms with Gasteiger partial charge in [-0.1, -0.05) is 30.0 Å². The van der Waals surface area contributed by atoms with Crippen LogP contribution in [-0.2, 0) is 16.2 Å². The zero-order valence-corrected chi connectivity index (χ0v) is 17.9. The molecule has 1 aliphatic heterocycles. The van der Waals surface area contributed by atoms with E-state index >= 15 is 0 Å². The number of carbonyl (C=O) groups is 2. The molecule has 162 valence electrons. The predicted octanol–water partition coefficient (Wildman–Crippen LogP) is 2.94. The Kier molecular flexibility index (Phi) is 7.43. The van der Waals surface area contributed by atoms with E-state index in [2.05, 4.69) is 0 Å². The third kappa shape index (κ3) is 5.93. The van der Waals surface area contributed by atoms with Crippen molar-refractivity contribution in [3.8, 4) is 0 Å². The lowest BCUT2D eigenvalue weighted by atomic mass is 10.2. The minimum atomic E-state index is -0.446. The van der Waals surface area contributed by atoms with Crippen LogP contribution in [0, 0.1) is 10.1 Å². The molecule has 1 aliphatic rings. The summed E-state index contributed by atoms with van der Waals surface area (Å²) in [5, 5.41) is 20.8. The van der Waals surface area contributed by atoms with Gasteiger partial charge in [-0.2, -0.15) is 0 Å². The summed E-state index contributed by atoms with van der Waals surface area (Å²) in [7, 11) is 0. The molecule has 3 rings (SSSR count). The quantitative estimate of drug-likeness (QED) is 0.420. The molecule has 0 aromatic heterocycles. The molecule has 2 aromatic carbocycles. The Morgan fingerprint density at radius 3 is 2.48 bits per heavy atom. The summed E-state index contributed by atoms with van der Waals surface area (Å²) in [6.07, 6.45) is 2.97. The van der Waals surface area contributed by atoms with Gasteiger partial charge in [0.25, 0.3) is 5.69 Å². The molecule has 0 aliphatic carbocycles.